The second-order valence-corrected chi connectivity index (χ2v) is 34.7. The summed E-state index contributed by atoms with van der Waals surface area (Å²) >= 11 is 14.6. The summed E-state index contributed by atoms with van der Waals surface area (Å²) in [4.78, 5) is 0. The molecule has 0 aliphatic rings. The molecule has 24 aromatic rings. The van der Waals surface area contributed by atoms with E-state index in [1.54, 1.807) is 0 Å². The Morgan fingerprint density at radius 2 is 0.530 bits per heavy atom. The van der Waals surface area contributed by atoms with Crippen molar-refractivity contribution in [2.45, 2.75) is 0 Å². The number of fused-ring (bicyclic) bond motifs is 18. The van der Waals surface area contributed by atoms with Crippen molar-refractivity contribution in [3.63, 3.8) is 0 Å². The molecule has 24 rings (SSSR count). The molecule has 0 unspecified atom stereocenters. The van der Waals surface area contributed by atoms with Crippen LogP contribution in [0.4, 0.5) is 0 Å². The Morgan fingerprint density at radius 3 is 1.03 bits per heavy atom. The van der Waals surface area contributed by atoms with Crippen LogP contribution in [0.3, 0.4) is 0 Å². The van der Waals surface area contributed by atoms with Crippen molar-refractivity contribution in [1.29, 1.82) is 0 Å². The molecule has 0 N–H and O–H groups in total. The first kappa shape index (κ1) is 70.7. The molecule has 0 aliphatic heterocycles. The van der Waals surface area contributed by atoms with E-state index in [4.69, 9.17) is 4.42 Å². The summed E-state index contributed by atoms with van der Waals surface area (Å²) < 4.78 is 22.1. The minimum absolute atomic E-state index is 0.900. The zero-order valence-corrected chi connectivity index (χ0v) is 69.2. The molecule has 0 spiro atoms. The minimum Gasteiger partial charge on any atom is -0.456 e. The van der Waals surface area contributed by atoms with Gasteiger partial charge >= 0.3 is 0 Å². The van der Waals surface area contributed by atoms with Crippen molar-refractivity contribution in [2.24, 2.45) is 0 Å². The monoisotopic (exact) mass is 1720 g/mol. The Hall–Kier alpha value is -13.0. The third kappa shape index (κ3) is 12.6. The molecule has 0 saturated carbocycles. The van der Waals surface area contributed by atoms with Crippen LogP contribution in [0.25, 0.3) is 212 Å². The summed E-state index contributed by atoms with van der Waals surface area (Å²) in [5.41, 5.74) is 27.1. The van der Waals surface area contributed by atoms with E-state index in [-0.39, 0.29) is 0 Å². The van der Waals surface area contributed by atoms with Crippen molar-refractivity contribution in [1.82, 2.24) is 13.7 Å². The van der Waals surface area contributed by atoms with E-state index < -0.39 is 0 Å². The fourth-order valence-electron chi connectivity index (χ4n) is 17.6. The van der Waals surface area contributed by atoms with Gasteiger partial charge in [-0.05, 0) is 206 Å². The molecule has 6 aromatic heterocycles. The van der Waals surface area contributed by atoms with Crippen LogP contribution in [0.1, 0.15) is 0 Å². The lowest BCUT2D eigenvalue weighted by Crippen LogP contribution is -1.94. The molecule has 18 aromatic carbocycles. The van der Waals surface area contributed by atoms with Gasteiger partial charge in [0.25, 0.3) is 0 Å². The van der Waals surface area contributed by atoms with Gasteiger partial charge in [0.1, 0.15) is 11.2 Å². The number of nitrogens with zero attached hydrogens (tertiary/aromatic N) is 3. The molecular weight excluding hydrogens is 1660 g/mol. The second kappa shape index (κ2) is 29.4. The Kier molecular flexibility index (Phi) is 17.8. The maximum absolute atomic E-state index is 6.26. The number of hydrogen-bond donors (Lipinski definition) is 0. The summed E-state index contributed by atoms with van der Waals surface area (Å²) in [7, 11) is 0. The predicted octanol–water partition coefficient (Wildman–Crippen LogP) is 33.3. The number of thiophene rings is 2. The van der Waals surface area contributed by atoms with Gasteiger partial charge in [0.15, 0.2) is 0 Å². The van der Waals surface area contributed by atoms with Crippen molar-refractivity contribution in [3.05, 3.63) is 414 Å². The number of furan rings is 1. The van der Waals surface area contributed by atoms with Crippen LogP contribution in [0.15, 0.2) is 418 Å². The maximum Gasteiger partial charge on any atom is 0.137 e. The summed E-state index contributed by atoms with van der Waals surface area (Å²) in [6, 6.07) is 144. The third-order valence-corrected chi connectivity index (χ3v) is 26.8. The molecule has 0 radical (unpaired) electrons. The van der Waals surface area contributed by atoms with Crippen LogP contribution in [0.2, 0.25) is 0 Å². The van der Waals surface area contributed by atoms with Gasteiger partial charge in [-0.3, -0.25) is 0 Å². The topological polar surface area (TPSA) is 27.9 Å². The highest BCUT2D eigenvalue weighted by molar-refractivity contribution is 9.11. The highest BCUT2D eigenvalue weighted by Crippen LogP contribution is 2.46. The highest BCUT2D eigenvalue weighted by atomic mass is 79.9. The lowest BCUT2D eigenvalue weighted by molar-refractivity contribution is 0.668. The Balaban J connectivity index is 0.000000106. The number of halogens is 3. The van der Waals surface area contributed by atoms with Gasteiger partial charge in [-0.25, -0.2) is 0 Å². The van der Waals surface area contributed by atoms with E-state index in [1.807, 2.05) is 34.8 Å². The van der Waals surface area contributed by atoms with Gasteiger partial charge in [-0.15, -0.1) is 22.7 Å². The van der Waals surface area contributed by atoms with Crippen molar-refractivity contribution < 1.29 is 4.42 Å². The minimum atomic E-state index is 0.900. The maximum atomic E-state index is 6.26. The molecule has 117 heavy (non-hydrogen) atoms. The second-order valence-electron chi connectivity index (χ2n) is 29.8. The Morgan fingerprint density at radius 1 is 0.197 bits per heavy atom. The van der Waals surface area contributed by atoms with Gasteiger partial charge in [0.2, 0.25) is 0 Å². The summed E-state index contributed by atoms with van der Waals surface area (Å²) in [5, 5.41) is 15.1. The first-order valence-corrected chi connectivity index (χ1v) is 43.1. The van der Waals surface area contributed by atoms with Gasteiger partial charge in [-0.1, -0.05) is 303 Å². The van der Waals surface area contributed by atoms with Gasteiger partial charge in [-0.2, -0.15) is 0 Å². The zero-order valence-electron chi connectivity index (χ0n) is 62.8. The molecule has 0 amide bonds. The normalized spacial score (nSPS) is 11.7. The highest BCUT2D eigenvalue weighted by Gasteiger charge is 2.22. The first-order chi connectivity index (χ1) is 57.7. The molecule has 6 heterocycles. The summed E-state index contributed by atoms with van der Waals surface area (Å²) in [5.74, 6) is 0. The number of rotatable bonds is 9. The Labute approximate surface area is 707 Å². The van der Waals surface area contributed by atoms with Crippen LogP contribution >= 0.6 is 70.5 Å². The van der Waals surface area contributed by atoms with E-state index >= 15 is 0 Å². The van der Waals surface area contributed by atoms with E-state index in [1.165, 1.54) is 184 Å². The molecule has 552 valence electrons. The van der Waals surface area contributed by atoms with Gasteiger partial charge in [0, 0.05) is 104 Å². The van der Waals surface area contributed by atoms with Gasteiger partial charge in [0.05, 0.1) is 49.2 Å². The lowest BCUT2D eigenvalue weighted by atomic mass is 9.98. The van der Waals surface area contributed by atoms with E-state index in [9.17, 15) is 0 Å². The molecule has 0 saturated heterocycles. The summed E-state index contributed by atoms with van der Waals surface area (Å²) in [6.07, 6.45) is 0. The van der Waals surface area contributed by atoms with Crippen LogP contribution in [-0.2, 0) is 0 Å². The van der Waals surface area contributed by atoms with Crippen LogP contribution in [0.5, 0.6) is 0 Å². The SMILES string of the molecule is Brc1cccc(-c2cccc(-c3ccc4c5ccccc5n(-c5ccc6c(c5)oc5ccccc56)c4c3)c2)c1.Brc1cccc(-c2cccc(-c3ccc4c5ccccc5n(-c5cccc6c5sc5ccccc56)c4c3)c2)c1.Brc1cccc(-c2cccc(-c3ccc4c5ccccc5n(-c5cccc6sc7ccccc7c56)c4c3)c2)c1. The van der Waals surface area contributed by atoms with Crippen LogP contribution in [0, 0.1) is 0 Å². The Bertz CT molecular complexity index is 8100. The van der Waals surface area contributed by atoms with E-state index in [2.05, 4.69) is 450 Å². The van der Waals surface area contributed by atoms with Crippen LogP contribution < -0.4 is 0 Å². The average molecular weight is 1730 g/mol. The fraction of sp³-hybridized carbons (Fsp3) is 0. The summed E-state index contributed by atoms with van der Waals surface area (Å²) in [6.45, 7) is 0. The van der Waals surface area contributed by atoms with Crippen molar-refractivity contribution >= 4 is 198 Å². The third-order valence-electron chi connectivity index (χ3n) is 22.9. The fourth-order valence-corrected chi connectivity index (χ4v) is 21.1. The standard InChI is InChI=1S/C36H22BrNO.2C36H22BrNS/c37-27-10-6-9-25(20-27)23-7-5-8-24(19-23)26-15-17-30-29-11-1-3-13-33(29)38(34(30)21-26)28-16-18-32-31-12-2-4-14-35(31)39-36(32)22-28;37-27-11-6-10-25(21-27)23-8-5-9-24(20-23)26-18-19-29-28-12-1-3-15-32(28)38(34(29)22-26)33-16-7-14-31-30-13-2-4-17-35(30)39-36(31)33;37-27-11-6-10-25(21-27)23-8-5-9-24(20-23)26-18-19-29-28-12-1-3-14-31(28)38(33(29)22-26)32-15-7-17-35-36(32)30-13-2-4-16-34(30)39-35/h3*1-22H. The molecular formula is C108H66Br3N3OS2. The van der Waals surface area contributed by atoms with Crippen LogP contribution in [-0.4, -0.2) is 13.7 Å². The predicted molar refractivity (Wildman–Crippen MR) is 511 cm³/mol. The molecule has 0 fully saturated rings. The van der Waals surface area contributed by atoms with Gasteiger partial charge < -0.3 is 18.1 Å². The average Bonchev–Trinajstić information content (AvgIpc) is 1.59. The van der Waals surface area contributed by atoms with Crippen molar-refractivity contribution in [3.8, 4) is 83.8 Å². The number of hydrogen-bond acceptors (Lipinski definition) is 3. The number of para-hydroxylation sites is 4. The number of benzene rings is 18. The largest absolute Gasteiger partial charge is 0.456 e. The lowest BCUT2D eigenvalue weighted by Gasteiger charge is -2.12. The van der Waals surface area contributed by atoms with Crippen molar-refractivity contribution in [2.75, 3.05) is 0 Å². The zero-order chi connectivity index (χ0) is 77.8. The molecule has 0 atom stereocenters. The molecule has 0 bridgehead atoms. The smallest absolute Gasteiger partial charge is 0.137 e. The molecule has 9 heteroatoms. The molecule has 0 aliphatic carbocycles. The van der Waals surface area contributed by atoms with E-state index in [0.29, 0.717) is 0 Å². The quantitative estimate of drug-likeness (QED) is 0.142. The molecule has 4 nitrogen and oxygen atoms in total. The van der Waals surface area contributed by atoms with E-state index in [0.717, 1.165) is 41.0 Å². The number of aromatic nitrogens is 3. The first-order valence-electron chi connectivity index (χ1n) is 39.1.